The van der Waals surface area contributed by atoms with Crippen LogP contribution in [0.1, 0.15) is 28.3 Å². The molecule has 0 saturated carbocycles. The van der Waals surface area contributed by atoms with Crippen molar-refractivity contribution in [3.8, 4) is 5.69 Å². The first-order valence-electron chi connectivity index (χ1n) is 8.03. The van der Waals surface area contributed by atoms with Gasteiger partial charge in [0.15, 0.2) is 0 Å². The van der Waals surface area contributed by atoms with Crippen molar-refractivity contribution in [2.24, 2.45) is 5.14 Å². The third-order valence-corrected chi connectivity index (χ3v) is 5.12. The van der Waals surface area contributed by atoms with Crippen LogP contribution in [0.25, 0.3) is 5.69 Å². The van der Waals surface area contributed by atoms with E-state index in [1.54, 1.807) is 24.6 Å². The Bertz CT molecular complexity index is 1040. The number of sulfonamides is 1. The van der Waals surface area contributed by atoms with Crippen LogP contribution in [0.15, 0.2) is 47.4 Å². The molecule has 0 saturated heterocycles. The van der Waals surface area contributed by atoms with Gasteiger partial charge in [-0.25, -0.2) is 23.2 Å². The first-order chi connectivity index (χ1) is 12.3. The molecular formula is C18H20N4O3S. The van der Waals surface area contributed by atoms with Gasteiger partial charge < -0.3 is 5.11 Å². The third kappa shape index (κ3) is 3.67. The van der Waals surface area contributed by atoms with Crippen molar-refractivity contribution in [2.75, 3.05) is 0 Å². The van der Waals surface area contributed by atoms with Gasteiger partial charge in [0, 0.05) is 12.0 Å². The van der Waals surface area contributed by atoms with Crippen molar-refractivity contribution in [2.45, 2.75) is 31.8 Å². The Hall–Kier alpha value is -2.55. The minimum Gasteiger partial charge on any atom is -0.392 e. The average Bonchev–Trinajstić information content (AvgIpc) is 2.94. The predicted molar refractivity (Wildman–Crippen MR) is 97.4 cm³/mol. The number of rotatable bonds is 5. The summed E-state index contributed by atoms with van der Waals surface area (Å²) in [6.45, 7) is 3.10. The number of hydrogen-bond donors (Lipinski definition) is 2. The van der Waals surface area contributed by atoms with Crippen LogP contribution in [0.4, 0.5) is 0 Å². The zero-order valence-electron chi connectivity index (χ0n) is 14.5. The largest absolute Gasteiger partial charge is 0.392 e. The first-order valence-corrected chi connectivity index (χ1v) is 9.58. The highest BCUT2D eigenvalue weighted by molar-refractivity contribution is 7.89. The van der Waals surface area contributed by atoms with E-state index in [1.165, 1.54) is 6.07 Å². The number of hydrogen-bond acceptors (Lipinski definition) is 5. The standard InChI is InChI=1S/C18H20N4O3S/c1-12-8-16(15(11-23)10-17(12)26(19,24)25)22-18(20-13(2)21-22)9-14-6-4-3-5-7-14/h3-8,10,23H,9,11H2,1-2H3,(H2,19,24,25). The molecule has 0 unspecified atom stereocenters. The lowest BCUT2D eigenvalue weighted by Crippen LogP contribution is -2.16. The molecule has 2 aromatic carbocycles. The molecule has 7 nitrogen and oxygen atoms in total. The van der Waals surface area contributed by atoms with Gasteiger partial charge in [-0.3, -0.25) is 0 Å². The number of nitrogens with two attached hydrogens (primary N) is 1. The number of benzene rings is 2. The van der Waals surface area contributed by atoms with Crippen molar-refractivity contribution in [1.82, 2.24) is 14.8 Å². The monoisotopic (exact) mass is 372 g/mol. The minimum atomic E-state index is -3.87. The van der Waals surface area contributed by atoms with Gasteiger partial charge in [-0.05, 0) is 37.1 Å². The van der Waals surface area contributed by atoms with E-state index in [2.05, 4.69) is 10.1 Å². The third-order valence-electron chi connectivity index (χ3n) is 4.07. The van der Waals surface area contributed by atoms with E-state index in [1.807, 2.05) is 30.3 Å². The molecule has 8 heteroatoms. The van der Waals surface area contributed by atoms with E-state index in [4.69, 9.17) is 5.14 Å². The van der Waals surface area contributed by atoms with Gasteiger partial charge in [-0.2, -0.15) is 5.10 Å². The summed E-state index contributed by atoms with van der Waals surface area (Å²) in [5.74, 6) is 1.29. The molecule has 0 aliphatic heterocycles. The highest BCUT2D eigenvalue weighted by Crippen LogP contribution is 2.24. The van der Waals surface area contributed by atoms with E-state index in [0.717, 1.165) is 5.56 Å². The van der Waals surface area contributed by atoms with Gasteiger partial charge >= 0.3 is 0 Å². The average molecular weight is 372 g/mol. The molecule has 1 heterocycles. The molecule has 0 fully saturated rings. The maximum absolute atomic E-state index is 11.7. The van der Waals surface area contributed by atoms with Crippen molar-refractivity contribution in [1.29, 1.82) is 0 Å². The van der Waals surface area contributed by atoms with Crippen molar-refractivity contribution >= 4 is 10.0 Å². The van der Waals surface area contributed by atoms with Gasteiger partial charge in [-0.1, -0.05) is 30.3 Å². The summed E-state index contributed by atoms with van der Waals surface area (Å²) in [5, 5.41) is 19.4. The first kappa shape index (κ1) is 18.2. The highest BCUT2D eigenvalue weighted by Gasteiger charge is 2.19. The summed E-state index contributed by atoms with van der Waals surface area (Å²) in [4.78, 5) is 4.48. The molecule has 3 rings (SSSR count). The quantitative estimate of drug-likeness (QED) is 0.707. The predicted octanol–water partition coefficient (Wildman–Crippen LogP) is 1.61. The molecule has 26 heavy (non-hydrogen) atoms. The summed E-state index contributed by atoms with van der Waals surface area (Å²) in [6.07, 6.45) is 0.558. The second kappa shape index (κ2) is 6.99. The zero-order chi connectivity index (χ0) is 18.9. The normalized spacial score (nSPS) is 11.7. The molecule has 3 N–H and O–H groups in total. The number of aliphatic hydroxyl groups excluding tert-OH is 1. The van der Waals surface area contributed by atoms with Gasteiger partial charge in [0.05, 0.1) is 17.2 Å². The molecule has 0 bridgehead atoms. The Morgan fingerprint density at radius 1 is 1.15 bits per heavy atom. The lowest BCUT2D eigenvalue weighted by Gasteiger charge is -2.14. The number of aryl methyl sites for hydroxylation is 2. The molecule has 0 aliphatic carbocycles. The second-order valence-electron chi connectivity index (χ2n) is 6.10. The second-order valence-corrected chi connectivity index (χ2v) is 7.63. The Labute approximate surface area is 152 Å². The molecule has 0 atom stereocenters. The van der Waals surface area contributed by atoms with Crippen LogP contribution >= 0.6 is 0 Å². The SMILES string of the molecule is Cc1nc(Cc2ccccc2)n(-c2cc(C)c(S(N)(=O)=O)cc2CO)n1. The fourth-order valence-corrected chi connectivity index (χ4v) is 3.70. The number of aromatic nitrogens is 3. The van der Waals surface area contributed by atoms with E-state index >= 15 is 0 Å². The Balaban J connectivity index is 2.14. The molecule has 136 valence electrons. The Kier molecular flexibility index (Phi) is 4.90. The van der Waals surface area contributed by atoms with Crippen LogP contribution in [0.2, 0.25) is 0 Å². The molecule has 0 amide bonds. The topological polar surface area (TPSA) is 111 Å². The summed E-state index contributed by atoms with van der Waals surface area (Å²) in [5.41, 5.74) is 2.56. The minimum absolute atomic E-state index is 0.00764. The van der Waals surface area contributed by atoms with Crippen molar-refractivity contribution in [3.63, 3.8) is 0 Å². The van der Waals surface area contributed by atoms with E-state index in [9.17, 15) is 13.5 Å². The molecule has 0 radical (unpaired) electrons. The van der Waals surface area contributed by atoms with E-state index < -0.39 is 10.0 Å². The lowest BCUT2D eigenvalue weighted by atomic mass is 10.1. The zero-order valence-corrected chi connectivity index (χ0v) is 15.4. The smallest absolute Gasteiger partial charge is 0.238 e. The van der Waals surface area contributed by atoms with E-state index in [0.29, 0.717) is 34.9 Å². The van der Waals surface area contributed by atoms with Crippen LogP contribution in [-0.4, -0.2) is 28.3 Å². The maximum Gasteiger partial charge on any atom is 0.238 e. The molecule has 0 spiro atoms. The van der Waals surface area contributed by atoms with Crippen molar-refractivity contribution < 1.29 is 13.5 Å². The van der Waals surface area contributed by atoms with Crippen LogP contribution in [0, 0.1) is 13.8 Å². The summed E-state index contributed by atoms with van der Waals surface area (Å²) < 4.78 is 25.1. The summed E-state index contributed by atoms with van der Waals surface area (Å²) in [7, 11) is -3.87. The van der Waals surface area contributed by atoms with Crippen LogP contribution in [0.5, 0.6) is 0 Å². The molecule has 0 aliphatic rings. The highest BCUT2D eigenvalue weighted by atomic mass is 32.2. The van der Waals surface area contributed by atoms with Gasteiger partial charge in [0.1, 0.15) is 11.6 Å². The van der Waals surface area contributed by atoms with Crippen LogP contribution in [-0.2, 0) is 23.1 Å². The fourth-order valence-electron chi connectivity index (χ4n) is 2.89. The van der Waals surface area contributed by atoms with Gasteiger partial charge in [0.25, 0.3) is 0 Å². The number of aliphatic hydroxyl groups is 1. The van der Waals surface area contributed by atoms with Gasteiger partial charge in [0.2, 0.25) is 10.0 Å². The number of primary sulfonamides is 1. The maximum atomic E-state index is 11.7. The van der Waals surface area contributed by atoms with Crippen LogP contribution in [0.3, 0.4) is 0 Å². The van der Waals surface area contributed by atoms with Gasteiger partial charge in [-0.15, -0.1) is 0 Å². The molecule has 1 aromatic heterocycles. The lowest BCUT2D eigenvalue weighted by molar-refractivity contribution is 0.281. The summed E-state index contributed by atoms with van der Waals surface area (Å²) in [6, 6.07) is 12.9. The molecule has 3 aromatic rings. The van der Waals surface area contributed by atoms with Crippen molar-refractivity contribution in [3.05, 3.63) is 70.8 Å². The van der Waals surface area contributed by atoms with E-state index in [-0.39, 0.29) is 11.5 Å². The Morgan fingerprint density at radius 3 is 2.46 bits per heavy atom. The molecular weight excluding hydrogens is 352 g/mol. The Morgan fingerprint density at radius 2 is 1.85 bits per heavy atom. The number of nitrogens with zero attached hydrogens (tertiary/aromatic N) is 3. The summed E-state index contributed by atoms with van der Waals surface area (Å²) >= 11 is 0. The fraction of sp³-hybridized carbons (Fsp3) is 0.222. The van der Waals surface area contributed by atoms with Crippen LogP contribution < -0.4 is 5.14 Å².